The highest BCUT2D eigenvalue weighted by molar-refractivity contribution is 5.85. The molecule has 0 saturated carbocycles. The van der Waals surface area contributed by atoms with Crippen molar-refractivity contribution in [1.29, 1.82) is 0 Å². The van der Waals surface area contributed by atoms with E-state index in [9.17, 15) is 9.59 Å². The van der Waals surface area contributed by atoms with E-state index >= 15 is 0 Å². The standard InChI is InChI=1S/C8H16N2O3/c1-3-5(2)10-8(13)6(9)4-7(11)12/h5-6H,3-4,9H2,1-2H3,(H,10,13)(H,11,12). The third-order valence-electron chi connectivity index (χ3n) is 1.73. The van der Waals surface area contributed by atoms with Gasteiger partial charge in [-0.2, -0.15) is 0 Å². The number of carbonyl (C=O) groups excluding carboxylic acids is 1. The summed E-state index contributed by atoms with van der Waals surface area (Å²) in [6, 6.07) is -0.918. The summed E-state index contributed by atoms with van der Waals surface area (Å²) in [5, 5.41) is 11.0. The molecule has 0 aromatic rings. The second-order valence-electron chi connectivity index (χ2n) is 3.02. The molecule has 0 bridgehead atoms. The zero-order valence-electron chi connectivity index (χ0n) is 7.91. The van der Waals surface area contributed by atoms with Gasteiger partial charge in [0.2, 0.25) is 5.91 Å². The second kappa shape index (κ2) is 5.53. The fourth-order valence-corrected chi connectivity index (χ4v) is 0.733. The van der Waals surface area contributed by atoms with E-state index in [1.165, 1.54) is 0 Å². The molecule has 5 nitrogen and oxygen atoms in total. The SMILES string of the molecule is CCC(C)NC(=O)C(N)CC(=O)O. The fourth-order valence-electron chi connectivity index (χ4n) is 0.733. The van der Waals surface area contributed by atoms with Crippen LogP contribution in [0.15, 0.2) is 0 Å². The van der Waals surface area contributed by atoms with Gasteiger partial charge in [0.15, 0.2) is 0 Å². The molecule has 2 atom stereocenters. The quantitative estimate of drug-likeness (QED) is 0.552. The van der Waals surface area contributed by atoms with Crippen LogP contribution in [0.3, 0.4) is 0 Å². The summed E-state index contributed by atoms with van der Waals surface area (Å²) in [6.45, 7) is 3.76. The predicted octanol–water partition coefficient (Wildman–Crippen LogP) is -0.297. The minimum absolute atomic E-state index is 0.0346. The molecule has 1 amide bonds. The van der Waals surface area contributed by atoms with Gasteiger partial charge in [0.05, 0.1) is 12.5 Å². The lowest BCUT2D eigenvalue weighted by atomic mass is 10.2. The van der Waals surface area contributed by atoms with Gasteiger partial charge in [0.1, 0.15) is 0 Å². The van der Waals surface area contributed by atoms with E-state index in [0.717, 1.165) is 6.42 Å². The van der Waals surface area contributed by atoms with Crippen LogP contribution in [0.25, 0.3) is 0 Å². The number of carboxylic acid groups (broad SMARTS) is 1. The van der Waals surface area contributed by atoms with Gasteiger partial charge in [0.25, 0.3) is 0 Å². The van der Waals surface area contributed by atoms with Crippen LogP contribution in [-0.2, 0) is 9.59 Å². The number of nitrogens with one attached hydrogen (secondary N) is 1. The molecule has 0 heterocycles. The number of nitrogens with two attached hydrogens (primary N) is 1. The van der Waals surface area contributed by atoms with E-state index in [2.05, 4.69) is 5.32 Å². The third kappa shape index (κ3) is 5.19. The van der Waals surface area contributed by atoms with Crippen LogP contribution < -0.4 is 11.1 Å². The number of hydrogen-bond donors (Lipinski definition) is 3. The van der Waals surface area contributed by atoms with Gasteiger partial charge < -0.3 is 16.2 Å². The number of carbonyl (C=O) groups is 2. The molecule has 0 spiro atoms. The fraction of sp³-hybridized carbons (Fsp3) is 0.750. The maximum Gasteiger partial charge on any atom is 0.305 e. The average Bonchev–Trinajstić information content (AvgIpc) is 2.02. The summed E-state index contributed by atoms with van der Waals surface area (Å²) in [4.78, 5) is 21.4. The molecule has 76 valence electrons. The Hall–Kier alpha value is -1.10. The molecule has 0 radical (unpaired) electrons. The van der Waals surface area contributed by atoms with Gasteiger partial charge in [0, 0.05) is 6.04 Å². The Kier molecular flexibility index (Phi) is 5.06. The maximum atomic E-state index is 11.1. The lowest BCUT2D eigenvalue weighted by Gasteiger charge is -2.14. The molecule has 4 N–H and O–H groups in total. The van der Waals surface area contributed by atoms with Crippen molar-refractivity contribution in [2.45, 2.75) is 38.8 Å². The highest BCUT2D eigenvalue weighted by Gasteiger charge is 2.17. The lowest BCUT2D eigenvalue weighted by Crippen LogP contribution is -2.45. The molecule has 0 aliphatic rings. The van der Waals surface area contributed by atoms with Crippen molar-refractivity contribution in [3.8, 4) is 0 Å². The highest BCUT2D eigenvalue weighted by Crippen LogP contribution is 1.92. The van der Waals surface area contributed by atoms with Crippen molar-refractivity contribution in [2.75, 3.05) is 0 Å². The van der Waals surface area contributed by atoms with Crippen LogP contribution >= 0.6 is 0 Å². The maximum absolute atomic E-state index is 11.1. The minimum Gasteiger partial charge on any atom is -0.481 e. The summed E-state index contributed by atoms with van der Waals surface area (Å²) in [5.41, 5.74) is 5.33. The number of amides is 1. The van der Waals surface area contributed by atoms with E-state index in [0.29, 0.717) is 0 Å². The predicted molar refractivity (Wildman–Crippen MR) is 48.1 cm³/mol. The minimum atomic E-state index is -1.06. The van der Waals surface area contributed by atoms with E-state index in [1.54, 1.807) is 0 Å². The third-order valence-corrected chi connectivity index (χ3v) is 1.73. The normalized spacial score (nSPS) is 14.7. The van der Waals surface area contributed by atoms with Crippen molar-refractivity contribution < 1.29 is 14.7 Å². The van der Waals surface area contributed by atoms with Crippen molar-refractivity contribution in [1.82, 2.24) is 5.32 Å². The van der Waals surface area contributed by atoms with Gasteiger partial charge >= 0.3 is 5.97 Å². The Labute approximate surface area is 77.3 Å². The Morgan fingerprint density at radius 1 is 1.54 bits per heavy atom. The van der Waals surface area contributed by atoms with Crippen LogP contribution in [0, 0.1) is 0 Å². The van der Waals surface area contributed by atoms with Crippen LogP contribution in [0.4, 0.5) is 0 Å². The molecule has 0 fully saturated rings. The zero-order valence-corrected chi connectivity index (χ0v) is 7.91. The Morgan fingerprint density at radius 2 is 2.08 bits per heavy atom. The summed E-state index contributed by atoms with van der Waals surface area (Å²) in [7, 11) is 0. The van der Waals surface area contributed by atoms with Crippen molar-refractivity contribution in [3.63, 3.8) is 0 Å². The monoisotopic (exact) mass is 188 g/mol. The number of rotatable bonds is 5. The first-order chi connectivity index (χ1) is 5.97. The van der Waals surface area contributed by atoms with Gasteiger partial charge in [-0.25, -0.2) is 0 Å². The first-order valence-corrected chi connectivity index (χ1v) is 4.25. The average molecular weight is 188 g/mol. The molecule has 0 aliphatic carbocycles. The summed E-state index contributed by atoms with van der Waals surface area (Å²) in [5.74, 6) is -1.47. The molecule has 0 aliphatic heterocycles. The van der Waals surface area contributed by atoms with E-state index in [-0.39, 0.29) is 12.5 Å². The smallest absolute Gasteiger partial charge is 0.305 e. The summed E-state index contributed by atoms with van der Waals surface area (Å²) in [6.07, 6.45) is 0.466. The Balaban J connectivity index is 3.89. The molecule has 0 aromatic heterocycles. The number of aliphatic carboxylic acids is 1. The zero-order chi connectivity index (χ0) is 10.4. The molecule has 0 aromatic carbocycles. The number of hydrogen-bond acceptors (Lipinski definition) is 3. The van der Waals surface area contributed by atoms with Gasteiger partial charge in [-0.3, -0.25) is 9.59 Å². The van der Waals surface area contributed by atoms with Gasteiger partial charge in [-0.15, -0.1) is 0 Å². The molecule has 5 heteroatoms. The van der Waals surface area contributed by atoms with Crippen molar-refractivity contribution >= 4 is 11.9 Å². The molecular formula is C8H16N2O3. The van der Waals surface area contributed by atoms with E-state index in [1.807, 2.05) is 13.8 Å². The Bertz CT molecular complexity index is 194. The highest BCUT2D eigenvalue weighted by atomic mass is 16.4. The van der Waals surface area contributed by atoms with Gasteiger partial charge in [-0.05, 0) is 13.3 Å². The molecule has 2 unspecified atom stereocenters. The van der Waals surface area contributed by atoms with Crippen LogP contribution in [0.5, 0.6) is 0 Å². The topological polar surface area (TPSA) is 92.4 Å². The largest absolute Gasteiger partial charge is 0.481 e. The molecule has 13 heavy (non-hydrogen) atoms. The van der Waals surface area contributed by atoms with Crippen LogP contribution in [-0.4, -0.2) is 29.1 Å². The van der Waals surface area contributed by atoms with Crippen molar-refractivity contribution in [2.24, 2.45) is 5.73 Å². The van der Waals surface area contributed by atoms with Crippen molar-refractivity contribution in [3.05, 3.63) is 0 Å². The summed E-state index contributed by atoms with van der Waals surface area (Å²) < 4.78 is 0. The molecule has 0 rings (SSSR count). The summed E-state index contributed by atoms with van der Waals surface area (Å²) >= 11 is 0. The van der Waals surface area contributed by atoms with Crippen LogP contribution in [0.1, 0.15) is 26.7 Å². The first-order valence-electron chi connectivity index (χ1n) is 4.25. The van der Waals surface area contributed by atoms with E-state index in [4.69, 9.17) is 10.8 Å². The number of carboxylic acids is 1. The second-order valence-corrected chi connectivity index (χ2v) is 3.02. The van der Waals surface area contributed by atoms with Gasteiger partial charge in [-0.1, -0.05) is 6.92 Å². The first kappa shape index (κ1) is 11.9. The molecule has 0 saturated heterocycles. The van der Waals surface area contributed by atoms with E-state index < -0.39 is 17.9 Å². The molecular weight excluding hydrogens is 172 g/mol. The Morgan fingerprint density at radius 3 is 2.46 bits per heavy atom. The van der Waals surface area contributed by atoms with Crippen LogP contribution in [0.2, 0.25) is 0 Å². The lowest BCUT2D eigenvalue weighted by molar-refractivity contribution is -0.139.